The number of hydrogen-bond acceptors (Lipinski definition) is 2. The van der Waals surface area contributed by atoms with E-state index in [0.717, 1.165) is 18.6 Å². The van der Waals surface area contributed by atoms with Crippen LogP contribution in [0.2, 0.25) is 0 Å². The number of carbonyl (C=O) groups excluding carboxylic acids is 2. The average Bonchev–Trinajstić information content (AvgIpc) is 2.54. The van der Waals surface area contributed by atoms with Crippen molar-refractivity contribution in [2.24, 2.45) is 5.92 Å². The third-order valence-electron chi connectivity index (χ3n) is 3.59. The lowest BCUT2D eigenvalue weighted by Crippen LogP contribution is -2.41. The molecule has 1 aromatic carbocycles. The quantitative estimate of drug-likeness (QED) is 0.731. The van der Waals surface area contributed by atoms with Crippen LogP contribution in [0.1, 0.15) is 40.0 Å². The largest absolute Gasteiger partial charge is 0.333 e. The second-order valence-corrected chi connectivity index (χ2v) is 5.72. The van der Waals surface area contributed by atoms with Crippen molar-refractivity contribution in [3.63, 3.8) is 0 Å². The van der Waals surface area contributed by atoms with Crippen LogP contribution in [0.3, 0.4) is 0 Å². The molecule has 0 aliphatic heterocycles. The van der Waals surface area contributed by atoms with Gasteiger partial charge in [0.2, 0.25) is 11.8 Å². The van der Waals surface area contributed by atoms with Gasteiger partial charge >= 0.3 is 0 Å². The summed E-state index contributed by atoms with van der Waals surface area (Å²) in [5, 5.41) is 2.18. The van der Waals surface area contributed by atoms with Crippen molar-refractivity contribution < 1.29 is 22.8 Å². The third-order valence-corrected chi connectivity index (χ3v) is 3.59. The van der Waals surface area contributed by atoms with Gasteiger partial charge in [0.25, 0.3) is 0 Å². The van der Waals surface area contributed by atoms with Gasteiger partial charge < -0.3 is 10.2 Å². The maximum absolute atomic E-state index is 13.6. The van der Waals surface area contributed by atoms with Crippen molar-refractivity contribution in [1.82, 2.24) is 4.90 Å². The van der Waals surface area contributed by atoms with E-state index in [9.17, 15) is 22.8 Å². The molecule has 0 aliphatic rings. The molecule has 0 aromatic heterocycles. The van der Waals surface area contributed by atoms with Gasteiger partial charge in [-0.05, 0) is 25.0 Å². The van der Waals surface area contributed by atoms with Crippen molar-refractivity contribution in [3.05, 3.63) is 29.6 Å². The van der Waals surface area contributed by atoms with Gasteiger partial charge in [-0.25, -0.2) is 13.2 Å². The van der Waals surface area contributed by atoms with Crippen LogP contribution in [0.4, 0.5) is 18.9 Å². The van der Waals surface area contributed by atoms with E-state index in [1.54, 1.807) is 6.92 Å². The Morgan fingerprint density at radius 3 is 2.38 bits per heavy atom. The molecular formula is C17H23F3N2O2. The van der Waals surface area contributed by atoms with Crippen LogP contribution in [-0.4, -0.2) is 29.8 Å². The van der Waals surface area contributed by atoms with Crippen LogP contribution in [0.15, 0.2) is 12.1 Å². The fourth-order valence-electron chi connectivity index (χ4n) is 2.39. The van der Waals surface area contributed by atoms with Crippen molar-refractivity contribution in [3.8, 4) is 0 Å². The molecule has 0 saturated carbocycles. The average molecular weight is 344 g/mol. The number of nitrogens with one attached hydrogen (secondary N) is 1. The minimum atomic E-state index is -1.65. The topological polar surface area (TPSA) is 49.4 Å². The number of anilines is 1. The summed E-state index contributed by atoms with van der Waals surface area (Å²) >= 11 is 0. The van der Waals surface area contributed by atoms with Gasteiger partial charge in [-0.2, -0.15) is 0 Å². The van der Waals surface area contributed by atoms with E-state index < -0.39 is 29.0 Å². The second kappa shape index (κ2) is 9.30. The summed E-state index contributed by atoms with van der Waals surface area (Å²) in [6.07, 6.45) is 2.22. The van der Waals surface area contributed by atoms with Crippen molar-refractivity contribution >= 4 is 17.5 Å². The van der Waals surface area contributed by atoms with Crippen molar-refractivity contribution in [1.29, 1.82) is 0 Å². The lowest BCUT2D eigenvalue weighted by molar-refractivity contribution is -0.138. The summed E-state index contributed by atoms with van der Waals surface area (Å²) in [6, 6.07) is 1.67. The summed E-state index contributed by atoms with van der Waals surface area (Å²) in [5.74, 6) is -5.47. The van der Waals surface area contributed by atoms with E-state index in [2.05, 4.69) is 5.32 Å². The molecule has 1 N–H and O–H groups in total. The molecule has 134 valence electrons. The molecule has 1 rings (SSSR count). The summed E-state index contributed by atoms with van der Waals surface area (Å²) in [6.45, 7) is 5.76. The molecule has 2 amide bonds. The number of benzene rings is 1. The van der Waals surface area contributed by atoms with Gasteiger partial charge in [-0.3, -0.25) is 9.59 Å². The second-order valence-electron chi connectivity index (χ2n) is 5.72. The number of hydrogen-bond donors (Lipinski definition) is 1. The highest BCUT2D eigenvalue weighted by Gasteiger charge is 2.22. The van der Waals surface area contributed by atoms with Crippen molar-refractivity contribution in [2.75, 3.05) is 18.4 Å². The molecule has 0 bridgehead atoms. The van der Waals surface area contributed by atoms with Crippen LogP contribution in [0.5, 0.6) is 0 Å². The Bertz CT molecular complexity index is 593. The first kappa shape index (κ1) is 20.0. The number of amides is 2. The molecule has 1 aromatic rings. The first-order valence-electron chi connectivity index (χ1n) is 8.03. The van der Waals surface area contributed by atoms with E-state index in [4.69, 9.17) is 0 Å². The Morgan fingerprint density at radius 2 is 1.79 bits per heavy atom. The van der Waals surface area contributed by atoms with Gasteiger partial charge in [0.15, 0.2) is 17.5 Å². The SMILES string of the molecule is CCCC(C)C(=O)N(CCC)CC(=O)Nc1ccc(F)c(F)c1F. The zero-order valence-electron chi connectivity index (χ0n) is 14.2. The Balaban J connectivity index is 2.79. The minimum absolute atomic E-state index is 0.153. The van der Waals surface area contributed by atoms with E-state index in [0.29, 0.717) is 19.4 Å². The lowest BCUT2D eigenvalue weighted by Gasteiger charge is -2.25. The number of halogens is 3. The van der Waals surface area contributed by atoms with Gasteiger partial charge in [-0.15, -0.1) is 0 Å². The normalized spacial score (nSPS) is 11.9. The summed E-state index contributed by atoms with van der Waals surface area (Å²) in [7, 11) is 0. The molecular weight excluding hydrogens is 321 g/mol. The summed E-state index contributed by atoms with van der Waals surface area (Å²) in [5.41, 5.74) is -0.454. The van der Waals surface area contributed by atoms with Crippen LogP contribution in [-0.2, 0) is 9.59 Å². The van der Waals surface area contributed by atoms with E-state index in [1.807, 2.05) is 13.8 Å². The Kier molecular flexibility index (Phi) is 7.74. The van der Waals surface area contributed by atoms with E-state index >= 15 is 0 Å². The molecule has 1 atom stereocenters. The standard InChI is InChI=1S/C17H23F3N2O2/c1-4-6-11(3)17(24)22(9-5-2)10-14(23)21-13-8-7-12(18)15(19)16(13)20/h7-8,11H,4-6,9-10H2,1-3H3,(H,21,23). The maximum Gasteiger partial charge on any atom is 0.244 e. The fourth-order valence-corrected chi connectivity index (χ4v) is 2.39. The predicted molar refractivity (Wildman–Crippen MR) is 85.9 cm³/mol. The van der Waals surface area contributed by atoms with Crippen LogP contribution in [0.25, 0.3) is 0 Å². The molecule has 0 spiro atoms. The van der Waals surface area contributed by atoms with Gasteiger partial charge in [0.1, 0.15) is 0 Å². The lowest BCUT2D eigenvalue weighted by atomic mass is 10.0. The molecule has 0 aliphatic carbocycles. The zero-order valence-corrected chi connectivity index (χ0v) is 14.2. The highest BCUT2D eigenvalue weighted by Crippen LogP contribution is 2.19. The summed E-state index contributed by atoms with van der Waals surface area (Å²) < 4.78 is 39.7. The molecule has 7 heteroatoms. The Labute approximate surface area is 140 Å². The molecule has 0 radical (unpaired) electrons. The molecule has 1 unspecified atom stereocenters. The zero-order chi connectivity index (χ0) is 18.3. The smallest absolute Gasteiger partial charge is 0.244 e. The maximum atomic E-state index is 13.6. The van der Waals surface area contributed by atoms with Crippen LogP contribution in [0, 0.1) is 23.4 Å². The Hall–Kier alpha value is -2.05. The molecule has 4 nitrogen and oxygen atoms in total. The highest BCUT2D eigenvalue weighted by molar-refractivity contribution is 5.94. The van der Waals surface area contributed by atoms with Crippen LogP contribution < -0.4 is 5.32 Å². The fraction of sp³-hybridized carbons (Fsp3) is 0.529. The van der Waals surface area contributed by atoms with Crippen LogP contribution >= 0.6 is 0 Å². The van der Waals surface area contributed by atoms with Gasteiger partial charge in [0, 0.05) is 12.5 Å². The molecule has 0 heterocycles. The number of carbonyl (C=O) groups is 2. The third kappa shape index (κ3) is 5.25. The van der Waals surface area contributed by atoms with Crippen molar-refractivity contribution in [2.45, 2.75) is 40.0 Å². The molecule has 0 fully saturated rings. The molecule has 0 saturated heterocycles. The summed E-state index contributed by atoms with van der Waals surface area (Å²) in [4.78, 5) is 25.8. The first-order valence-corrected chi connectivity index (χ1v) is 8.03. The first-order chi connectivity index (χ1) is 11.3. The van der Waals surface area contributed by atoms with E-state index in [-0.39, 0.29) is 18.4 Å². The molecule has 24 heavy (non-hydrogen) atoms. The number of rotatable bonds is 8. The Morgan fingerprint density at radius 1 is 1.12 bits per heavy atom. The van der Waals surface area contributed by atoms with Gasteiger partial charge in [-0.1, -0.05) is 27.2 Å². The minimum Gasteiger partial charge on any atom is -0.333 e. The number of nitrogens with zero attached hydrogens (tertiary/aromatic N) is 1. The highest BCUT2D eigenvalue weighted by atomic mass is 19.2. The van der Waals surface area contributed by atoms with Gasteiger partial charge in [0.05, 0.1) is 12.2 Å². The van der Waals surface area contributed by atoms with E-state index in [1.165, 1.54) is 4.90 Å². The predicted octanol–water partition coefficient (Wildman–Crippen LogP) is 3.72. The monoisotopic (exact) mass is 344 g/mol.